The molecule has 0 aliphatic heterocycles. The number of pyridine rings is 1. The number of hydrogen-bond donors (Lipinski definition) is 1. The van der Waals surface area contributed by atoms with E-state index in [1.807, 2.05) is 12.1 Å². The van der Waals surface area contributed by atoms with Gasteiger partial charge in [-0.3, -0.25) is 9.78 Å². The minimum absolute atomic E-state index is 0.279. The molecular weight excluding hydrogens is 326 g/mol. The Hall–Kier alpha value is -3.91. The number of rotatable bonds is 5. The summed E-state index contributed by atoms with van der Waals surface area (Å²) in [6.07, 6.45) is 6.32. The van der Waals surface area contributed by atoms with E-state index in [-0.39, 0.29) is 5.91 Å². The van der Waals surface area contributed by atoms with E-state index in [2.05, 4.69) is 16.4 Å². The maximum absolute atomic E-state index is 12.0. The molecule has 3 aromatic rings. The highest BCUT2D eigenvalue weighted by molar-refractivity contribution is 6.02. The van der Waals surface area contributed by atoms with Crippen molar-refractivity contribution in [3.05, 3.63) is 90.3 Å². The molecule has 0 aliphatic carbocycles. The molecule has 1 N–H and O–H groups in total. The van der Waals surface area contributed by atoms with Crippen LogP contribution in [0.2, 0.25) is 0 Å². The van der Waals surface area contributed by atoms with Gasteiger partial charge in [0.1, 0.15) is 11.5 Å². The van der Waals surface area contributed by atoms with Crippen molar-refractivity contribution in [1.82, 2.24) is 4.98 Å². The molecule has 0 unspecified atom stereocenters. The highest BCUT2D eigenvalue weighted by atomic mass is 16.5. The second-order valence-electron chi connectivity index (χ2n) is 5.34. The first-order valence-electron chi connectivity index (χ1n) is 7.91. The molecule has 2 aromatic carbocycles. The summed E-state index contributed by atoms with van der Waals surface area (Å²) in [5.74, 6) is 1.01. The minimum atomic E-state index is -0.279. The Morgan fingerprint density at radius 1 is 1.04 bits per heavy atom. The summed E-state index contributed by atoms with van der Waals surface area (Å²) < 4.78 is 5.65. The third kappa shape index (κ3) is 4.56. The van der Waals surface area contributed by atoms with Crippen LogP contribution in [0.1, 0.15) is 11.1 Å². The first-order chi connectivity index (χ1) is 12.7. The molecule has 0 saturated heterocycles. The second-order valence-corrected chi connectivity index (χ2v) is 5.34. The molecule has 0 atom stereocenters. The number of aromatic nitrogens is 1. The number of nitriles is 1. The van der Waals surface area contributed by atoms with Gasteiger partial charge in [-0.1, -0.05) is 18.2 Å². The van der Waals surface area contributed by atoms with E-state index in [0.717, 1.165) is 0 Å². The monoisotopic (exact) mass is 341 g/mol. The predicted molar refractivity (Wildman–Crippen MR) is 99.6 cm³/mol. The summed E-state index contributed by atoms with van der Waals surface area (Å²) in [5.41, 5.74) is 1.87. The van der Waals surface area contributed by atoms with E-state index in [1.165, 1.54) is 6.08 Å². The lowest BCUT2D eigenvalue weighted by Gasteiger charge is -2.06. The van der Waals surface area contributed by atoms with E-state index >= 15 is 0 Å². The highest BCUT2D eigenvalue weighted by Crippen LogP contribution is 2.22. The molecule has 5 nitrogen and oxygen atoms in total. The number of carbonyl (C=O) groups is 1. The Bertz CT molecular complexity index is 959. The van der Waals surface area contributed by atoms with Crippen LogP contribution in [0.5, 0.6) is 11.5 Å². The average molecular weight is 341 g/mol. The van der Waals surface area contributed by atoms with Gasteiger partial charge in [0.15, 0.2) is 0 Å². The smallest absolute Gasteiger partial charge is 0.248 e. The lowest BCUT2D eigenvalue weighted by Crippen LogP contribution is -2.07. The van der Waals surface area contributed by atoms with Crippen molar-refractivity contribution in [2.75, 3.05) is 5.32 Å². The topological polar surface area (TPSA) is 75.0 Å². The fraction of sp³-hybridized carbons (Fsp3) is 0. The number of nitrogens with zero attached hydrogens (tertiary/aromatic N) is 2. The molecule has 0 spiro atoms. The lowest BCUT2D eigenvalue weighted by molar-refractivity contribution is -0.111. The van der Waals surface area contributed by atoms with Crippen molar-refractivity contribution in [1.29, 1.82) is 5.26 Å². The molecule has 0 fully saturated rings. The molecular formula is C21H15N3O2. The normalized spacial score (nSPS) is 10.3. The molecule has 0 saturated carbocycles. The molecule has 1 aromatic heterocycles. The summed E-state index contributed by atoms with van der Waals surface area (Å²) in [4.78, 5) is 16.0. The Morgan fingerprint density at radius 2 is 1.85 bits per heavy atom. The fourth-order valence-corrected chi connectivity index (χ4v) is 2.24. The molecule has 0 radical (unpaired) electrons. The molecule has 1 heterocycles. The minimum Gasteiger partial charge on any atom is -0.456 e. The van der Waals surface area contributed by atoms with Gasteiger partial charge in [-0.25, -0.2) is 0 Å². The van der Waals surface area contributed by atoms with E-state index in [4.69, 9.17) is 10.00 Å². The number of nitrogens with one attached hydrogen (secondary N) is 1. The van der Waals surface area contributed by atoms with Crippen molar-refractivity contribution in [3.8, 4) is 17.6 Å². The first-order valence-corrected chi connectivity index (χ1v) is 7.91. The number of amides is 1. The van der Waals surface area contributed by atoms with Gasteiger partial charge in [0.2, 0.25) is 5.91 Å². The zero-order valence-electron chi connectivity index (χ0n) is 13.8. The van der Waals surface area contributed by atoms with Gasteiger partial charge in [0.05, 0.1) is 17.8 Å². The average Bonchev–Trinajstić information content (AvgIpc) is 2.69. The molecule has 0 bridgehead atoms. The summed E-state index contributed by atoms with van der Waals surface area (Å²) in [6.45, 7) is 0. The summed E-state index contributed by atoms with van der Waals surface area (Å²) in [6, 6.07) is 19.8. The van der Waals surface area contributed by atoms with Crippen LogP contribution in [0.4, 0.5) is 5.69 Å². The first kappa shape index (κ1) is 16.9. The van der Waals surface area contributed by atoms with E-state index < -0.39 is 0 Å². The predicted octanol–water partition coefficient (Wildman–Crippen LogP) is 4.40. The quantitative estimate of drug-likeness (QED) is 0.698. The van der Waals surface area contributed by atoms with Crippen molar-refractivity contribution >= 4 is 17.7 Å². The van der Waals surface area contributed by atoms with Crippen LogP contribution in [0.3, 0.4) is 0 Å². The van der Waals surface area contributed by atoms with Gasteiger partial charge >= 0.3 is 0 Å². The summed E-state index contributed by atoms with van der Waals surface area (Å²) in [5, 5.41) is 11.8. The van der Waals surface area contributed by atoms with Crippen molar-refractivity contribution in [2.24, 2.45) is 0 Å². The second kappa shape index (κ2) is 8.27. The Labute approximate surface area is 151 Å². The van der Waals surface area contributed by atoms with Gasteiger partial charge in [-0.05, 0) is 54.1 Å². The number of benzene rings is 2. The van der Waals surface area contributed by atoms with E-state index in [0.29, 0.717) is 28.3 Å². The Kier molecular flexibility index (Phi) is 5.38. The van der Waals surface area contributed by atoms with E-state index in [9.17, 15) is 4.79 Å². The number of hydrogen-bond acceptors (Lipinski definition) is 4. The largest absolute Gasteiger partial charge is 0.456 e. The molecule has 26 heavy (non-hydrogen) atoms. The molecule has 5 heteroatoms. The molecule has 1 amide bonds. The lowest BCUT2D eigenvalue weighted by atomic mass is 10.1. The summed E-state index contributed by atoms with van der Waals surface area (Å²) in [7, 11) is 0. The molecule has 126 valence electrons. The Balaban J connectivity index is 1.61. The third-order valence-corrected chi connectivity index (χ3v) is 3.49. The van der Waals surface area contributed by atoms with Gasteiger partial charge in [-0.2, -0.15) is 5.26 Å². The fourth-order valence-electron chi connectivity index (χ4n) is 2.24. The van der Waals surface area contributed by atoms with Crippen molar-refractivity contribution in [3.63, 3.8) is 0 Å². The summed E-state index contributed by atoms with van der Waals surface area (Å²) >= 11 is 0. The SMILES string of the molecule is N#Cc1ccccc1/C=C/C(=O)Nc1ccc(Oc2cccnc2)cc1. The standard InChI is InChI=1S/C21H15N3O2/c22-14-17-5-2-1-4-16(17)7-12-21(25)24-18-8-10-19(11-9-18)26-20-6-3-13-23-15-20/h1-13,15H,(H,24,25)/b12-7+. The zero-order valence-corrected chi connectivity index (χ0v) is 13.8. The van der Waals surface area contributed by atoms with Crippen LogP contribution in [0.15, 0.2) is 79.1 Å². The van der Waals surface area contributed by atoms with Crippen LogP contribution in [-0.4, -0.2) is 10.9 Å². The van der Waals surface area contributed by atoms with Gasteiger partial charge in [-0.15, -0.1) is 0 Å². The maximum atomic E-state index is 12.0. The molecule has 0 aliphatic rings. The molecule has 3 rings (SSSR count). The van der Waals surface area contributed by atoms with Crippen LogP contribution >= 0.6 is 0 Å². The van der Waals surface area contributed by atoms with Crippen LogP contribution < -0.4 is 10.1 Å². The van der Waals surface area contributed by atoms with Gasteiger partial charge < -0.3 is 10.1 Å². The third-order valence-electron chi connectivity index (χ3n) is 3.49. The number of ether oxygens (including phenoxy) is 1. The Morgan fingerprint density at radius 3 is 2.58 bits per heavy atom. The van der Waals surface area contributed by atoms with Crippen LogP contribution in [0, 0.1) is 11.3 Å². The zero-order chi connectivity index (χ0) is 18.2. The number of anilines is 1. The van der Waals surface area contributed by atoms with Crippen molar-refractivity contribution in [2.45, 2.75) is 0 Å². The highest BCUT2D eigenvalue weighted by Gasteiger charge is 2.02. The van der Waals surface area contributed by atoms with Gasteiger partial charge in [0.25, 0.3) is 0 Å². The van der Waals surface area contributed by atoms with Crippen molar-refractivity contribution < 1.29 is 9.53 Å². The number of carbonyl (C=O) groups excluding carboxylic acids is 1. The maximum Gasteiger partial charge on any atom is 0.248 e. The van der Waals surface area contributed by atoms with Crippen LogP contribution in [-0.2, 0) is 4.79 Å². The van der Waals surface area contributed by atoms with E-state index in [1.54, 1.807) is 67.0 Å². The van der Waals surface area contributed by atoms with Gasteiger partial charge in [0, 0.05) is 18.0 Å². The van der Waals surface area contributed by atoms with Crippen LogP contribution in [0.25, 0.3) is 6.08 Å².